The molecule has 1 fully saturated rings. The number of carboxylic acid groups (broad SMARTS) is 1. The van der Waals surface area contributed by atoms with Crippen molar-refractivity contribution in [3.63, 3.8) is 0 Å². The van der Waals surface area contributed by atoms with Gasteiger partial charge in [0.05, 0.1) is 0 Å². The molecule has 0 unspecified atom stereocenters. The molecule has 1 aliphatic carbocycles. The van der Waals surface area contributed by atoms with E-state index in [1.807, 2.05) is 12.1 Å². The minimum absolute atomic E-state index is 0.492. The van der Waals surface area contributed by atoms with Gasteiger partial charge in [-0.25, -0.2) is 4.79 Å². The molecule has 0 atom stereocenters. The van der Waals surface area contributed by atoms with E-state index in [1.54, 1.807) is 0 Å². The molecule has 0 bridgehead atoms. The molecule has 98 valence electrons. The van der Waals surface area contributed by atoms with Crippen molar-refractivity contribution in [3.8, 4) is 0 Å². The maximum absolute atomic E-state index is 10.4. The summed E-state index contributed by atoms with van der Waals surface area (Å²) in [6, 6.07) is 8.12. The molecule has 1 saturated carbocycles. The van der Waals surface area contributed by atoms with Crippen LogP contribution in [0.3, 0.4) is 0 Å². The van der Waals surface area contributed by atoms with Crippen LogP contribution in [0.4, 0.5) is 10.5 Å². The summed E-state index contributed by atoms with van der Waals surface area (Å²) < 4.78 is 0. The van der Waals surface area contributed by atoms with Crippen LogP contribution in [0.2, 0.25) is 0 Å². The highest BCUT2D eigenvalue weighted by atomic mass is 16.4. The van der Waals surface area contributed by atoms with Gasteiger partial charge in [0.2, 0.25) is 0 Å². The Kier molecular flexibility index (Phi) is 4.07. The molecule has 2 rings (SSSR count). The molecule has 1 aromatic carbocycles. The first kappa shape index (κ1) is 12.7. The smallest absolute Gasteiger partial charge is 0.404 e. The van der Waals surface area contributed by atoms with Gasteiger partial charge in [-0.15, -0.1) is 0 Å². The number of nitrogen functional groups attached to an aromatic ring is 1. The fraction of sp³-hybridized carbons (Fsp3) is 0.500. The maximum atomic E-state index is 10.4. The van der Waals surface area contributed by atoms with Crippen LogP contribution in [0.1, 0.15) is 37.2 Å². The molecular formula is C14H20N2O2. The van der Waals surface area contributed by atoms with Crippen LogP contribution in [0.5, 0.6) is 0 Å². The second-order valence-electron chi connectivity index (χ2n) is 5.07. The molecule has 18 heavy (non-hydrogen) atoms. The minimum atomic E-state index is -0.921. The zero-order valence-corrected chi connectivity index (χ0v) is 10.4. The number of benzene rings is 1. The monoisotopic (exact) mass is 248 g/mol. The summed E-state index contributed by atoms with van der Waals surface area (Å²) in [5, 5.41) is 11.1. The molecule has 4 N–H and O–H groups in total. The van der Waals surface area contributed by atoms with Gasteiger partial charge in [-0.2, -0.15) is 0 Å². The molecule has 0 radical (unpaired) electrons. The summed E-state index contributed by atoms with van der Waals surface area (Å²) in [6.45, 7) is 0.587. The Hall–Kier alpha value is -1.71. The van der Waals surface area contributed by atoms with Crippen molar-refractivity contribution in [2.75, 3.05) is 12.3 Å². The normalized spacial score (nSPS) is 23.6. The van der Waals surface area contributed by atoms with Gasteiger partial charge in [0.25, 0.3) is 0 Å². The Labute approximate surface area is 107 Å². The van der Waals surface area contributed by atoms with Crippen LogP contribution < -0.4 is 11.1 Å². The van der Waals surface area contributed by atoms with Gasteiger partial charge in [-0.3, -0.25) is 0 Å². The van der Waals surface area contributed by atoms with E-state index in [-0.39, 0.29) is 0 Å². The largest absolute Gasteiger partial charge is 0.465 e. The molecule has 4 heteroatoms. The fourth-order valence-corrected chi connectivity index (χ4v) is 2.70. The Morgan fingerprint density at radius 3 is 2.39 bits per heavy atom. The summed E-state index contributed by atoms with van der Waals surface area (Å²) in [5.41, 5.74) is 7.84. The SMILES string of the molecule is Nc1ccc([C@H]2CC[C@H](CNC(=O)O)CC2)cc1. The number of amides is 1. The number of carbonyl (C=O) groups is 1. The molecule has 1 amide bonds. The lowest BCUT2D eigenvalue weighted by molar-refractivity contribution is 0.189. The Balaban J connectivity index is 1.83. The van der Waals surface area contributed by atoms with Gasteiger partial charge in [0, 0.05) is 12.2 Å². The van der Waals surface area contributed by atoms with E-state index in [9.17, 15) is 4.79 Å². The average molecular weight is 248 g/mol. The second kappa shape index (κ2) is 5.76. The molecule has 0 aliphatic heterocycles. The predicted molar refractivity (Wildman–Crippen MR) is 71.6 cm³/mol. The summed E-state index contributed by atoms with van der Waals surface area (Å²) in [4.78, 5) is 10.4. The zero-order valence-electron chi connectivity index (χ0n) is 10.4. The summed E-state index contributed by atoms with van der Waals surface area (Å²) in [6.07, 6.45) is 3.53. The number of hydrogen-bond donors (Lipinski definition) is 3. The zero-order chi connectivity index (χ0) is 13.0. The van der Waals surface area contributed by atoms with Gasteiger partial charge in [-0.1, -0.05) is 12.1 Å². The van der Waals surface area contributed by atoms with Gasteiger partial charge in [-0.05, 0) is 55.2 Å². The van der Waals surface area contributed by atoms with E-state index >= 15 is 0 Å². The minimum Gasteiger partial charge on any atom is -0.465 e. The summed E-state index contributed by atoms with van der Waals surface area (Å²) in [5.74, 6) is 1.10. The van der Waals surface area contributed by atoms with Gasteiger partial charge in [0.15, 0.2) is 0 Å². The molecule has 4 nitrogen and oxygen atoms in total. The highest BCUT2D eigenvalue weighted by molar-refractivity contribution is 5.64. The maximum Gasteiger partial charge on any atom is 0.404 e. The molecule has 1 aliphatic rings. The van der Waals surface area contributed by atoms with E-state index < -0.39 is 6.09 Å². The van der Waals surface area contributed by atoms with E-state index in [0.717, 1.165) is 31.4 Å². The Morgan fingerprint density at radius 1 is 1.22 bits per heavy atom. The van der Waals surface area contributed by atoms with Crippen molar-refractivity contribution in [1.82, 2.24) is 5.32 Å². The highest BCUT2D eigenvalue weighted by Crippen LogP contribution is 2.35. The number of rotatable bonds is 3. The fourth-order valence-electron chi connectivity index (χ4n) is 2.70. The van der Waals surface area contributed by atoms with Crippen molar-refractivity contribution in [1.29, 1.82) is 0 Å². The lowest BCUT2D eigenvalue weighted by Crippen LogP contribution is -2.29. The lowest BCUT2D eigenvalue weighted by atomic mass is 9.78. The van der Waals surface area contributed by atoms with Crippen molar-refractivity contribution < 1.29 is 9.90 Å². The first-order chi connectivity index (χ1) is 8.65. The van der Waals surface area contributed by atoms with Crippen molar-refractivity contribution in [2.45, 2.75) is 31.6 Å². The Morgan fingerprint density at radius 2 is 1.83 bits per heavy atom. The Bertz CT molecular complexity index is 395. The third-order valence-corrected chi connectivity index (χ3v) is 3.80. The van der Waals surface area contributed by atoms with Gasteiger partial charge in [0.1, 0.15) is 0 Å². The first-order valence-corrected chi connectivity index (χ1v) is 6.47. The topological polar surface area (TPSA) is 75.3 Å². The molecule has 1 aromatic rings. The van der Waals surface area contributed by atoms with Crippen LogP contribution >= 0.6 is 0 Å². The van der Waals surface area contributed by atoms with Crippen LogP contribution in [0, 0.1) is 5.92 Å². The van der Waals surface area contributed by atoms with E-state index in [4.69, 9.17) is 10.8 Å². The van der Waals surface area contributed by atoms with Gasteiger partial charge >= 0.3 is 6.09 Å². The number of nitrogens with two attached hydrogens (primary N) is 1. The molecular weight excluding hydrogens is 228 g/mol. The quantitative estimate of drug-likeness (QED) is 0.720. The highest BCUT2D eigenvalue weighted by Gasteiger charge is 2.22. The average Bonchev–Trinajstić information content (AvgIpc) is 2.38. The third kappa shape index (κ3) is 3.39. The number of anilines is 1. The number of hydrogen-bond acceptors (Lipinski definition) is 2. The molecule has 0 saturated heterocycles. The van der Waals surface area contributed by atoms with E-state index in [2.05, 4.69) is 17.4 Å². The molecule has 0 spiro atoms. The van der Waals surface area contributed by atoms with Crippen LogP contribution in [-0.4, -0.2) is 17.7 Å². The standard InChI is InChI=1S/C14H20N2O2/c15-13-7-5-12(6-8-13)11-3-1-10(2-4-11)9-16-14(17)18/h5-8,10-11,16H,1-4,9,15H2,(H,17,18)/t10-,11-. The van der Waals surface area contributed by atoms with Crippen LogP contribution in [0.25, 0.3) is 0 Å². The van der Waals surface area contributed by atoms with Gasteiger partial charge < -0.3 is 16.2 Å². The first-order valence-electron chi connectivity index (χ1n) is 6.47. The molecule has 0 heterocycles. The van der Waals surface area contributed by atoms with Crippen molar-refractivity contribution in [2.24, 2.45) is 5.92 Å². The lowest BCUT2D eigenvalue weighted by Gasteiger charge is -2.28. The van der Waals surface area contributed by atoms with Crippen molar-refractivity contribution >= 4 is 11.8 Å². The van der Waals surface area contributed by atoms with Crippen LogP contribution in [0.15, 0.2) is 24.3 Å². The van der Waals surface area contributed by atoms with Crippen molar-refractivity contribution in [3.05, 3.63) is 29.8 Å². The molecule has 0 aromatic heterocycles. The summed E-state index contributed by atoms with van der Waals surface area (Å²) >= 11 is 0. The van der Waals surface area contributed by atoms with Crippen LogP contribution in [-0.2, 0) is 0 Å². The van der Waals surface area contributed by atoms with E-state index in [0.29, 0.717) is 18.4 Å². The van der Waals surface area contributed by atoms with E-state index in [1.165, 1.54) is 5.56 Å². The predicted octanol–water partition coefficient (Wildman–Crippen LogP) is 2.81. The number of nitrogens with one attached hydrogen (secondary N) is 1. The third-order valence-electron chi connectivity index (χ3n) is 3.80. The summed E-state index contributed by atoms with van der Waals surface area (Å²) in [7, 11) is 0. The second-order valence-corrected chi connectivity index (χ2v) is 5.07.